The minimum absolute atomic E-state index is 0.198. The van der Waals surface area contributed by atoms with Crippen molar-refractivity contribution in [2.24, 2.45) is 0 Å². The van der Waals surface area contributed by atoms with Gasteiger partial charge in [0, 0.05) is 34.7 Å². The van der Waals surface area contributed by atoms with Gasteiger partial charge in [-0.15, -0.1) is 0 Å². The Bertz CT molecular complexity index is 380. The number of carbonyl (C=O) groups excluding carboxylic acids is 1. The number of ether oxygens (including phenoxy) is 2. The van der Waals surface area contributed by atoms with Crippen LogP contribution in [0.5, 0.6) is 11.5 Å². The Kier molecular flexibility index (Phi) is 2.33. The van der Waals surface area contributed by atoms with Gasteiger partial charge in [-0.3, -0.25) is 4.79 Å². The summed E-state index contributed by atoms with van der Waals surface area (Å²) in [5.41, 5.74) is 0.760. The molecule has 0 aromatic heterocycles. The maximum Gasteiger partial charge on any atom is 0.293 e. The minimum Gasteiger partial charge on any atom is -0.454 e. The number of anilines is 1. The average molecular weight is 258 g/mol. The third kappa shape index (κ3) is 1.55. The Hall–Kier alpha value is -1.23. The van der Waals surface area contributed by atoms with E-state index < -0.39 is 0 Å². The molecule has 1 aromatic rings. The standard InChI is InChI=1S/C9H8BrNO3/c1-11(9(10)12)6-2-3-7-8(4-6)14-5-13-7/h2-4H,5H2,1H3. The largest absolute Gasteiger partial charge is 0.454 e. The van der Waals surface area contributed by atoms with Gasteiger partial charge in [-0.1, -0.05) is 0 Å². The number of nitrogens with zero attached hydrogens (tertiary/aromatic N) is 1. The van der Waals surface area contributed by atoms with E-state index in [1.165, 1.54) is 4.90 Å². The number of benzene rings is 1. The zero-order valence-corrected chi connectivity index (χ0v) is 9.08. The summed E-state index contributed by atoms with van der Waals surface area (Å²) in [6, 6.07) is 5.35. The zero-order chi connectivity index (χ0) is 10.1. The van der Waals surface area contributed by atoms with Crippen molar-refractivity contribution in [2.45, 2.75) is 0 Å². The van der Waals surface area contributed by atoms with Crippen molar-refractivity contribution in [3.05, 3.63) is 18.2 Å². The lowest BCUT2D eigenvalue weighted by molar-refractivity contribution is 0.174. The number of rotatable bonds is 1. The molecule has 1 aliphatic heterocycles. The molecule has 74 valence electrons. The summed E-state index contributed by atoms with van der Waals surface area (Å²) >= 11 is 2.87. The normalized spacial score (nSPS) is 12.7. The molecule has 14 heavy (non-hydrogen) atoms. The highest BCUT2D eigenvalue weighted by atomic mass is 79.9. The van der Waals surface area contributed by atoms with Crippen LogP contribution >= 0.6 is 15.9 Å². The SMILES string of the molecule is CN(C(=O)Br)c1ccc2c(c1)OCO2. The lowest BCUT2D eigenvalue weighted by atomic mass is 10.2. The van der Waals surface area contributed by atoms with Crippen LogP contribution in [-0.2, 0) is 0 Å². The van der Waals surface area contributed by atoms with Gasteiger partial charge in [0.25, 0.3) is 4.82 Å². The van der Waals surface area contributed by atoms with Crippen LogP contribution < -0.4 is 14.4 Å². The van der Waals surface area contributed by atoms with Crippen LogP contribution in [0.15, 0.2) is 18.2 Å². The fraction of sp³-hybridized carbons (Fsp3) is 0.222. The first-order chi connectivity index (χ1) is 6.68. The van der Waals surface area contributed by atoms with Gasteiger partial charge in [0.15, 0.2) is 11.5 Å². The van der Waals surface area contributed by atoms with Crippen LogP contribution in [0.25, 0.3) is 0 Å². The molecule has 0 radical (unpaired) electrons. The summed E-state index contributed by atoms with van der Waals surface area (Å²) < 4.78 is 10.3. The second-order valence-corrected chi connectivity index (χ2v) is 3.53. The van der Waals surface area contributed by atoms with Gasteiger partial charge in [-0.05, 0) is 12.1 Å². The van der Waals surface area contributed by atoms with Crippen molar-refractivity contribution in [1.29, 1.82) is 0 Å². The molecule has 0 fully saturated rings. The van der Waals surface area contributed by atoms with Crippen molar-refractivity contribution < 1.29 is 14.3 Å². The summed E-state index contributed by atoms with van der Waals surface area (Å²) in [5.74, 6) is 1.38. The van der Waals surface area contributed by atoms with Gasteiger partial charge in [0.1, 0.15) is 0 Å². The van der Waals surface area contributed by atoms with Crippen LogP contribution in [0.4, 0.5) is 10.5 Å². The maximum absolute atomic E-state index is 11.0. The molecule has 1 amide bonds. The van der Waals surface area contributed by atoms with E-state index in [2.05, 4.69) is 15.9 Å². The monoisotopic (exact) mass is 257 g/mol. The number of carbonyl (C=O) groups is 1. The highest BCUT2D eigenvalue weighted by molar-refractivity contribution is 9.18. The summed E-state index contributed by atoms with van der Waals surface area (Å²) in [4.78, 5) is 12.3. The van der Waals surface area contributed by atoms with E-state index in [1.807, 2.05) is 0 Å². The van der Waals surface area contributed by atoms with Crippen molar-refractivity contribution in [1.82, 2.24) is 0 Å². The molecule has 1 aliphatic rings. The molecule has 0 aliphatic carbocycles. The molecular formula is C9H8BrNO3. The van der Waals surface area contributed by atoms with Crippen molar-refractivity contribution >= 4 is 26.4 Å². The first kappa shape index (κ1) is 9.33. The first-order valence-corrected chi connectivity index (χ1v) is 4.80. The second-order valence-electron chi connectivity index (χ2n) is 2.85. The number of fused-ring (bicyclic) bond motifs is 1. The molecule has 0 unspecified atom stereocenters. The molecule has 5 heteroatoms. The summed E-state index contributed by atoms with van der Waals surface area (Å²) in [5, 5.41) is 0. The van der Waals surface area contributed by atoms with Crippen LogP contribution in [0.2, 0.25) is 0 Å². The van der Waals surface area contributed by atoms with Gasteiger partial charge in [-0.25, -0.2) is 0 Å². The maximum atomic E-state index is 11.0. The lowest BCUT2D eigenvalue weighted by Crippen LogP contribution is -2.18. The molecule has 1 heterocycles. The van der Waals surface area contributed by atoms with Gasteiger partial charge in [-0.2, -0.15) is 0 Å². The molecule has 0 spiro atoms. The topological polar surface area (TPSA) is 38.8 Å². The summed E-state index contributed by atoms with van der Waals surface area (Å²) in [6.07, 6.45) is 0. The Morgan fingerprint density at radius 1 is 1.43 bits per heavy atom. The Labute approximate surface area is 89.5 Å². The minimum atomic E-state index is -0.198. The molecule has 1 aromatic carbocycles. The summed E-state index contributed by atoms with van der Waals surface area (Å²) in [7, 11) is 1.68. The molecule has 4 nitrogen and oxygen atoms in total. The fourth-order valence-corrected chi connectivity index (χ4v) is 1.40. The Balaban J connectivity index is 2.33. The number of hydrogen-bond donors (Lipinski definition) is 0. The van der Waals surface area contributed by atoms with E-state index in [0.29, 0.717) is 11.5 Å². The van der Waals surface area contributed by atoms with Crippen molar-refractivity contribution in [3.63, 3.8) is 0 Å². The van der Waals surface area contributed by atoms with Crippen molar-refractivity contribution in [3.8, 4) is 11.5 Å². The molecular weight excluding hydrogens is 250 g/mol. The summed E-state index contributed by atoms with van der Waals surface area (Å²) in [6.45, 7) is 0.241. The van der Waals surface area contributed by atoms with E-state index in [0.717, 1.165) is 5.69 Å². The molecule has 0 bridgehead atoms. The second kappa shape index (κ2) is 3.49. The fourth-order valence-electron chi connectivity index (χ4n) is 1.20. The van der Waals surface area contributed by atoms with Gasteiger partial charge < -0.3 is 14.4 Å². The molecule has 0 atom stereocenters. The van der Waals surface area contributed by atoms with Crippen molar-refractivity contribution in [2.75, 3.05) is 18.7 Å². The third-order valence-corrected chi connectivity index (χ3v) is 2.54. The van der Waals surface area contributed by atoms with E-state index in [1.54, 1.807) is 25.2 Å². The lowest BCUT2D eigenvalue weighted by Gasteiger charge is -2.13. The Morgan fingerprint density at radius 2 is 2.14 bits per heavy atom. The van der Waals surface area contributed by atoms with E-state index in [9.17, 15) is 4.79 Å². The van der Waals surface area contributed by atoms with E-state index >= 15 is 0 Å². The predicted molar refractivity (Wildman–Crippen MR) is 55.3 cm³/mol. The van der Waals surface area contributed by atoms with Gasteiger partial charge >= 0.3 is 0 Å². The van der Waals surface area contributed by atoms with E-state index in [-0.39, 0.29) is 11.6 Å². The molecule has 0 N–H and O–H groups in total. The third-order valence-electron chi connectivity index (χ3n) is 2.01. The van der Waals surface area contributed by atoms with Crippen LogP contribution in [-0.4, -0.2) is 18.7 Å². The average Bonchev–Trinajstić information content (AvgIpc) is 2.62. The van der Waals surface area contributed by atoms with Gasteiger partial charge in [0.2, 0.25) is 6.79 Å². The number of hydrogen-bond acceptors (Lipinski definition) is 3. The molecule has 0 saturated heterocycles. The smallest absolute Gasteiger partial charge is 0.293 e. The quantitative estimate of drug-likeness (QED) is 0.573. The molecule has 0 saturated carbocycles. The van der Waals surface area contributed by atoms with Crippen LogP contribution in [0, 0.1) is 0 Å². The van der Waals surface area contributed by atoms with E-state index in [4.69, 9.17) is 9.47 Å². The van der Waals surface area contributed by atoms with Crippen LogP contribution in [0.1, 0.15) is 0 Å². The van der Waals surface area contributed by atoms with Crippen LogP contribution in [0.3, 0.4) is 0 Å². The highest BCUT2D eigenvalue weighted by Gasteiger charge is 2.15. The highest BCUT2D eigenvalue weighted by Crippen LogP contribution is 2.35. The predicted octanol–water partition coefficient (Wildman–Crippen LogP) is 2.37. The Morgan fingerprint density at radius 3 is 2.86 bits per heavy atom. The number of halogens is 1. The number of amides is 1. The molecule has 2 rings (SSSR count). The van der Waals surface area contributed by atoms with Gasteiger partial charge in [0.05, 0.1) is 0 Å². The zero-order valence-electron chi connectivity index (χ0n) is 7.49. The first-order valence-electron chi connectivity index (χ1n) is 4.01.